The monoisotopic (exact) mass is 507 g/mol. The van der Waals surface area contributed by atoms with Crippen LogP contribution in [-0.2, 0) is 17.5 Å². The number of alkyl halides is 3. The predicted octanol–water partition coefficient (Wildman–Crippen LogP) is 5.21. The Hall–Kier alpha value is -2.94. The fourth-order valence-electron chi connectivity index (χ4n) is 4.23. The van der Waals surface area contributed by atoms with Crippen molar-refractivity contribution in [2.24, 2.45) is 0 Å². The van der Waals surface area contributed by atoms with E-state index in [0.29, 0.717) is 52.2 Å². The maximum Gasteiger partial charge on any atom is 0.416 e. The van der Waals surface area contributed by atoms with Crippen LogP contribution in [0.5, 0.6) is 0 Å². The predicted molar refractivity (Wildman–Crippen MR) is 130 cm³/mol. The Labute approximate surface area is 209 Å². The highest BCUT2D eigenvalue weighted by molar-refractivity contribution is 5.94. The van der Waals surface area contributed by atoms with Crippen molar-refractivity contribution in [3.63, 3.8) is 0 Å². The highest BCUT2D eigenvalue weighted by atomic mass is 19.4. The summed E-state index contributed by atoms with van der Waals surface area (Å²) in [4.78, 5) is 31.1. The number of rotatable bonds is 10. The second-order valence-corrected chi connectivity index (χ2v) is 9.11. The molecule has 0 bridgehead atoms. The number of carbonyl (C=O) groups is 2. The molecule has 2 aromatic rings. The van der Waals surface area contributed by atoms with Gasteiger partial charge in [0.1, 0.15) is 5.82 Å². The molecule has 0 N–H and O–H groups in total. The molecule has 0 saturated carbocycles. The van der Waals surface area contributed by atoms with Crippen LogP contribution in [0.3, 0.4) is 0 Å². The molecule has 1 aliphatic rings. The number of unbranched alkanes of at least 4 members (excludes halogenated alkanes) is 2. The van der Waals surface area contributed by atoms with Crippen molar-refractivity contribution in [3.05, 3.63) is 71.0 Å². The van der Waals surface area contributed by atoms with Crippen LogP contribution in [-0.4, -0.2) is 65.8 Å². The molecule has 1 aliphatic heterocycles. The highest BCUT2D eigenvalue weighted by Gasteiger charge is 2.31. The lowest BCUT2D eigenvalue weighted by Crippen LogP contribution is -2.50. The van der Waals surface area contributed by atoms with Crippen LogP contribution in [0.1, 0.15) is 54.1 Å². The van der Waals surface area contributed by atoms with Crippen LogP contribution in [0.25, 0.3) is 0 Å². The van der Waals surface area contributed by atoms with E-state index in [-0.39, 0.29) is 17.3 Å². The Morgan fingerprint density at radius 3 is 2.31 bits per heavy atom. The van der Waals surface area contributed by atoms with E-state index in [1.165, 1.54) is 24.3 Å². The van der Waals surface area contributed by atoms with Crippen molar-refractivity contribution < 1.29 is 27.2 Å². The molecule has 196 valence electrons. The van der Waals surface area contributed by atoms with Gasteiger partial charge in [0.25, 0.3) is 5.91 Å². The van der Waals surface area contributed by atoms with Gasteiger partial charge >= 0.3 is 6.18 Å². The van der Waals surface area contributed by atoms with Crippen molar-refractivity contribution in [3.8, 4) is 0 Å². The zero-order valence-corrected chi connectivity index (χ0v) is 20.6. The van der Waals surface area contributed by atoms with Crippen LogP contribution in [0.2, 0.25) is 0 Å². The molecule has 9 heteroatoms. The van der Waals surface area contributed by atoms with E-state index in [0.717, 1.165) is 37.0 Å². The molecule has 36 heavy (non-hydrogen) atoms. The SMILES string of the molecule is CCCCCC(=O)N(CCN1CCN(C(=O)c2cccc(C(F)(F)F)c2)CC1)Cc1ccc(F)cc1. The molecule has 1 heterocycles. The third-order valence-corrected chi connectivity index (χ3v) is 6.42. The Kier molecular flexibility index (Phi) is 9.87. The number of hydrogen-bond donors (Lipinski definition) is 0. The number of piperazine rings is 1. The summed E-state index contributed by atoms with van der Waals surface area (Å²) in [6.07, 6.45) is -1.20. The minimum absolute atomic E-state index is 0.0291. The zero-order chi connectivity index (χ0) is 26.1. The first-order valence-electron chi connectivity index (χ1n) is 12.4. The fourth-order valence-corrected chi connectivity index (χ4v) is 4.23. The average Bonchev–Trinajstić information content (AvgIpc) is 2.87. The van der Waals surface area contributed by atoms with Gasteiger partial charge in [0, 0.05) is 57.8 Å². The second kappa shape index (κ2) is 12.9. The summed E-state index contributed by atoms with van der Waals surface area (Å²) in [6, 6.07) is 10.6. The van der Waals surface area contributed by atoms with Crippen LogP contribution >= 0.6 is 0 Å². The van der Waals surface area contributed by atoms with Crippen molar-refractivity contribution in [2.45, 2.75) is 45.3 Å². The number of carbonyl (C=O) groups excluding carboxylic acids is 2. The summed E-state index contributed by atoms with van der Waals surface area (Å²) in [5.41, 5.74) is 0.0509. The molecular weight excluding hydrogens is 474 g/mol. The van der Waals surface area contributed by atoms with E-state index in [2.05, 4.69) is 11.8 Å². The summed E-state index contributed by atoms with van der Waals surface area (Å²) < 4.78 is 52.3. The lowest BCUT2D eigenvalue weighted by Gasteiger charge is -2.36. The maximum atomic E-state index is 13.3. The Bertz CT molecular complexity index is 1000. The van der Waals surface area contributed by atoms with Crippen molar-refractivity contribution in [1.29, 1.82) is 0 Å². The van der Waals surface area contributed by atoms with Gasteiger partial charge in [0.15, 0.2) is 0 Å². The molecule has 0 spiro atoms. The minimum atomic E-state index is -4.50. The Morgan fingerprint density at radius 1 is 0.972 bits per heavy atom. The van der Waals surface area contributed by atoms with Crippen LogP contribution in [0, 0.1) is 5.82 Å². The van der Waals surface area contributed by atoms with Crippen molar-refractivity contribution >= 4 is 11.8 Å². The van der Waals surface area contributed by atoms with Crippen LogP contribution < -0.4 is 0 Å². The third kappa shape index (κ3) is 8.05. The normalized spacial score (nSPS) is 14.6. The Morgan fingerprint density at radius 2 is 1.67 bits per heavy atom. The van der Waals surface area contributed by atoms with Gasteiger partial charge in [-0.1, -0.05) is 38.0 Å². The summed E-state index contributed by atoms with van der Waals surface area (Å²) >= 11 is 0. The van der Waals surface area contributed by atoms with Gasteiger partial charge in [-0.05, 0) is 42.3 Å². The summed E-state index contributed by atoms with van der Waals surface area (Å²) in [6.45, 7) is 5.54. The molecule has 0 radical (unpaired) electrons. The van der Waals surface area contributed by atoms with Gasteiger partial charge in [-0.3, -0.25) is 14.5 Å². The average molecular weight is 508 g/mol. The van der Waals surface area contributed by atoms with E-state index >= 15 is 0 Å². The molecule has 1 fully saturated rings. The van der Waals surface area contributed by atoms with Gasteiger partial charge in [-0.2, -0.15) is 13.2 Å². The van der Waals surface area contributed by atoms with E-state index in [1.54, 1.807) is 21.9 Å². The van der Waals surface area contributed by atoms with Gasteiger partial charge in [-0.25, -0.2) is 4.39 Å². The maximum absolute atomic E-state index is 13.3. The quantitative estimate of drug-likeness (QED) is 0.328. The summed E-state index contributed by atoms with van der Waals surface area (Å²) in [5, 5.41) is 0. The molecule has 5 nitrogen and oxygen atoms in total. The number of benzene rings is 2. The number of hydrogen-bond acceptors (Lipinski definition) is 3. The first-order chi connectivity index (χ1) is 17.2. The van der Waals surface area contributed by atoms with Crippen molar-refractivity contribution in [1.82, 2.24) is 14.7 Å². The summed E-state index contributed by atoms with van der Waals surface area (Å²) in [5.74, 6) is -0.673. The third-order valence-electron chi connectivity index (χ3n) is 6.42. The number of nitrogens with zero attached hydrogens (tertiary/aromatic N) is 3. The first-order valence-corrected chi connectivity index (χ1v) is 12.4. The van der Waals surface area contributed by atoms with E-state index < -0.39 is 17.6 Å². The van der Waals surface area contributed by atoms with Crippen LogP contribution in [0.4, 0.5) is 17.6 Å². The molecule has 2 aromatic carbocycles. The molecule has 2 amide bonds. The number of amides is 2. The molecule has 1 saturated heterocycles. The molecule has 3 rings (SSSR count). The highest BCUT2D eigenvalue weighted by Crippen LogP contribution is 2.29. The molecule has 0 aromatic heterocycles. The fraction of sp³-hybridized carbons (Fsp3) is 0.481. The summed E-state index contributed by atoms with van der Waals surface area (Å²) in [7, 11) is 0. The smallest absolute Gasteiger partial charge is 0.337 e. The van der Waals surface area contributed by atoms with Crippen LogP contribution in [0.15, 0.2) is 48.5 Å². The second-order valence-electron chi connectivity index (χ2n) is 9.11. The van der Waals surface area contributed by atoms with E-state index in [9.17, 15) is 27.2 Å². The minimum Gasteiger partial charge on any atom is -0.337 e. The lowest BCUT2D eigenvalue weighted by atomic mass is 10.1. The van der Waals surface area contributed by atoms with E-state index in [4.69, 9.17) is 0 Å². The molecular formula is C27H33F4N3O2. The van der Waals surface area contributed by atoms with Gasteiger partial charge in [0.05, 0.1) is 5.56 Å². The standard InChI is InChI=1S/C27H33F4N3O2/c1-2-3-4-8-25(35)34(20-21-9-11-24(28)12-10-21)18-15-32-13-16-33(17-14-32)26(36)22-6-5-7-23(19-22)27(29,30)31/h5-7,9-12,19H,2-4,8,13-18,20H2,1H3. The number of halogens is 4. The van der Waals surface area contributed by atoms with Gasteiger partial charge in [-0.15, -0.1) is 0 Å². The largest absolute Gasteiger partial charge is 0.416 e. The topological polar surface area (TPSA) is 43.9 Å². The molecule has 0 aliphatic carbocycles. The molecule has 0 atom stereocenters. The molecule has 0 unspecified atom stereocenters. The zero-order valence-electron chi connectivity index (χ0n) is 20.6. The van der Waals surface area contributed by atoms with Gasteiger partial charge in [0.2, 0.25) is 5.91 Å². The van der Waals surface area contributed by atoms with E-state index in [1.807, 2.05) is 0 Å². The van der Waals surface area contributed by atoms with Crippen molar-refractivity contribution in [2.75, 3.05) is 39.3 Å². The Balaban J connectivity index is 1.54. The first kappa shape index (κ1) is 27.6. The van der Waals surface area contributed by atoms with Gasteiger partial charge < -0.3 is 9.80 Å². The lowest BCUT2D eigenvalue weighted by molar-refractivity contribution is -0.137.